The fourth-order valence-electron chi connectivity index (χ4n) is 5.86. The topological polar surface area (TPSA) is 38.3 Å². The molecule has 5 heteroatoms. The van der Waals surface area contributed by atoms with E-state index in [4.69, 9.17) is 4.74 Å². The van der Waals surface area contributed by atoms with Crippen LogP contribution in [-0.2, 0) is 11.3 Å². The van der Waals surface area contributed by atoms with E-state index in [1.807, 2.05) is 11.3 Å². The van der Waals surface area contributed by atoms with Gasteiger partial charge in [-0.1, -0.05) is 12.1 Å². The van der Waals surface area contributed by atoms with Crippen molar-refractivity contribution in [1.29, 1.82) is 0 Å². The molecule has 3 nitrogen and oxygen atoms in total. The van der Waals surface area contributed by atoms with Crippen molar-refractivity contribution in [2.45, 2.75) is 85.1 Å². The summed E-state index contributed by atoms with van der Waals surface area (Å²) in [5.41, 5.74) is 4.99. The first kappa shape index (κ1) is 28.2. The minimum atomic E-state index is -2.41. The van der Waals surface area contributed by atoms with Gasteiger partial charge in [0.25, 0.3) is 0 Å². The van der Waals surface area contributed by atoms with E-state index in [-0.39, 0.29) is 12.0 Å². The third-order valence-corrected chi connectivity index (χ3v) is 27.3. The summed E-state index contributed by atoms with van der Waals surface area (Å²) in [6, 6.07) is 21.6. The Bertz CT molecular complexity index is 1090. The quantitative estimate of drug-likeness (QED) is 0.182. The molecule has 0 spiro atoms. The second kappa shape index (κ2) is 13.8. The van der Waals surface area contributed by atoms with Gasteiger partial charge in [0.2, 0.25) is 0 Å². The zero-order valence-electron chi connectivity index (χ0n) is 22.9. The van der Waals surface area contributed by atoms with E-state index in [0.717, 1.165) is 0 Å². The molecule has 2 aromatic carbocycles. The zero-order chi connectivity index (χ0) is 26.1. The number of unbranched alkanes of at least 4 members (excludes halogenated alkanes) is 3. The molecule has 3 aromatic rings. The second-order valence-corrected chi connectivity index (χ2v) is 25.9. The molecule has 0 fully saturated rings. The van der Waals surface area contributed by atoms with E-state index >= 15 is 0 Å². The summed E-state index contributed by atoms with van der Waals surface area (Å²) in [5.74, 6) is 0.0943. The first-order valence-corrected chi connectivity index (χ1v) is 22.6. The Kier molecular flexibility index (Phi) is 10.6. The van der Waals surface area contributed by atoms with Gasteiger partial charge in [0.1, 0.15) is 0 Å². The van der Waals surface area contributed by atoms with Crippen LogP contribution >= 0.6 is 11.3 Å². The average Bonchev–Trinajstić information content (AvgIpc) is 3.54. The molecule has 0 bridgehead atoms. The number of fused-ring (bicyclic) bond motifs is 3. The SMILES string of the molecule is CCC[CH2][Sn]([CH2]CCC)([CH2]CCC)[c]1ccc(CNC(=O)OCC2c3ccccc3-c3ccccc32)s1. The van der Waals surface area contributed by atoms with Gasteiger partial charge in [0.15, 0.2) is 0 Å². The number of thiophene rings is 1. The molecule has 1 aliphatic carbocycles. The van der Waals surface area contributed by atoms with Crippen molar-refractivity contribution in [3.8, 4) is 11.1 Å². The summed E-state index contributed by atoms with van der Waals surface area (Å²) in [5, 5.41) is 3.04. The summed E-state index contributed by atoms with van der Waals surface area (Å²) in [6.45, 7) is 7.90. The van der Waals surface area contributed by atoms with Crippen molar-refractivity contribution in [3.05, 3.63) is 76.7 Å². The van der Waals surface area contributed by atoms with Crippen LogP contribution in [0.2, 0.25) is 13.3 Å². The Morgan fingerprint density at radius 1 is 0.811 bits per heavy atom. The van der Waals surface area contributed by atoms with Gasteiger partial charge in [0.05, 0.1) is 0 Å². The van der Waals surface area contributed by atoms with Gasteiger partial charge >= 0.3 is 221 Å². The van der Waals surface area contributed by atoms with Gasteiger partial charge in [-0.25, -0.2) is 0 Å². The second-order valence-electron chi connectivity index (χ2n) is 10.5. The molecular weight excluding hydrogens is 581 g/mol. The number of carbonyl (C=O) groups is 1. The Hall–Kier alpha value is -1.79. The Labute approximate surface area is 231 Å². The molecule has 0 saturated heterocycles. The third kappa shape index (κ3) is 6.81. The molecule has 0 radical (unpaired) electrons. The van der Waals surface area contributed by atoms with Gasteiger partial charge in [-0.05, 0) is 0 Å². The zero-order valence-corrected chi connectivity index (χ0v) is 26.5. The summed E-state index contributed by atoms with van der Waals surface area (Å²) < 4.78 is 11.9. The molecule has 0 aliphatic heterocycles. The fourth-order valence-corrected chi connectivity index (χ4v) is 26.1. The molecule has 0 saturated carbocycles. The van der Waals surface area contributed by atoms with Gasteiger partial charge in [-0.3, -0.25) is 0 Å². The maximum atomic E-state index is 12.7. The van der Waals surface area contributed by atoms with Gasteiger partial charge in [0, 0.05) is 0 Å². The Morgan fingerprint density at radius 2 is 1.35 bits per heavy atom. The van der Waals surface area contributed by atoms with Gasteiger partial charge in [-0.2, -0.15) is 0 Å². The van der Waals surface area contributed by atoms with Crippen LogP contribution < -0.4 is 8.21 Å². The van der Waals surface area contributed by atoms with Crippen LogP contribution in [0.15, 0.2) is 60.7 Å². The number of rotatable bonds is 14. The van der Waals surface area contributed by atoms with Crippen molar-refractivity contribution in [2.75, 3.05) is 6.61 Å². The number of hydrogen-bond donors (Lipinski definition) is 1. The van der Waals surface area contributed by atoms with Crippen molar-refractivity contribution < 1.29 is 9.53 Å². The van der Waals surface area contributed by atoms with Crippen LogP contribution in [0.3, 0.4) is 0 Å². The molecule has 1 N–H and O–H groups in total. The predicted octanol–water partition coefficient (Wildman–Crippen LogP) is 8.84. The van der Waals surface area contributed by atoms with Crippen LogP contribution in [0, 0.1) is 0 Å². The number of alkyl carbamates (subject to hydrolysis) is 1. The average molecular weight is 624 g/mol. The Balaban J connectivity index is 1.38. The molecule has 37 heavy (non-hydrogen) atoms. The molecule has 1 heterocycles. The van der Waals surface area contributed by atoms with E-state index in [1.165, 1.54) is 79.0 Å². The number of nitrogens with one attached hydrogen (secondary N) is 1. The van der Waals surface area contributed by atoms with E-state index in [0.29, 0.717) is 13.2 Å². The molecule has 0 atom stereocenters. The fraction of sp³-hybridized carbons (Fsp3) is 0.469. The molecule has 198 valence electrons. The third-order valence-electron chi connectivity index (χ3n) is 7.96. The van der Waals surface area contributed by atoms with Crippen LogP contribution in [0.25, 0.3) is 11.1 Å². The first-order valence-electron chi connectivity index (χ1n) is 14.3. The molecule has 1 aliphatic rings. The predicted molar refractivity (Wildman–Crippen MR) is 161 cm³/mol. The number of hydrogen-bond acceptors (Lipinski definition) is 3. The number of carbonyl (C=O) groups excluding carboxylic acids is 1. The first-order chi connectivity index (χ1) is 18.1. The molecule has 4 rings (SSSR count). The van der Waals surface area contributed by atoms with E-state index in [9.17, 15) is 4.79 Å². The monoisotopic (exact) mass is 625 g/mol. The Morgan fingerprint density at radius 3 is 1.89 bits per heavy atom. The van der Waals surface area contributed by atoms with Crippen LogP contribution in [0.5, 0.6) is 0 Å². The molecule has 1 amide bonds. The standard InChI is InChI=1S/C20H16NO2S.3C4H9.Sn/c22-20(21-12-14-6-5-11-24-14)23-13-19-17-9-3-1-7-15(17)16-8-2-4-10-18(16)19;3*1-3-4-2;/h1-10,19H,12-13H2,(H,21,22);3*1,3-4H2,2H3;. The number of benzene rings is 2. The van der Waals surface area contributed by atoms with E-state index < -0.39 is 18.4 Å². The molecule has 1 aromatic heterocycles. The summed E-state index contributed by atoms with van der Waals surface area (Å²) >= 11 is -0.427. The van der Waals surface area contributed by atoms with Crippen molar-refractivity contribution in [1.82, 2.24) is 5.32 Å². The number of amides is 1. The summed E-state index contributed by atoms with van der Waals surface area (Å²) in [7, 11) is 0. The van der Waals surface area contributed by atoms with Crippen LogP contribution in [-0.4, -0.2) is 31.1 Å². The van der Waals surface area contributed by atoms with Crippen molar-refractivity contribution in [3.63, 3.8) is 0 Å². The summed E-state index contributed by atoms with van der Waals surface area (Å²) in [4.78, 5) is 14.0. The number of ether oxygens (including phenoxy) is 1. The minimum absolute atomic E-state index is 0.0943. The van der Waals surface area contributed by atoms with Crippen LogP contribution in [0.1, 0.15) is 81.2 Å². The van der Waals surface area contributed by atoms with Crippen LogP contribution in [0.4, 0.5) is 4.79 Å². The van der Waals surface area contributed by atoms with Gasteiger partial charge < -0.3 is 0 Å². The van der Waals surface area contributed by atoms with E-state index in [2.05, 4.69) is 86.8 Å². The maximum absolute atomic E-state index is 12.7. The van der Waals surface area contributed by atoms with E-state index in [1.54, 1.807) is 2.89 Å². The molecule has 0 unspecified atom stereocenters. The normalized spacial score (nSPS) is 12.8. The molecular formula is C32H43NO2SSn. The van der Waals surface area contributed by atoms with Crippen molar-refractivity contribution >= 4 is 38.7 Å². The van der Waals surface area contributed by atoms with Crippen molar-refractivity contribution in [2.24, 2.45) is 0 Å². The van der Waals surface area contributed by atoms with Gasteiger partial charge in [-0.15, -0.1) is 0 Å². The summed E-state index contributed by atoms with van der Waals surface area (Å²) in [6.07, 6.45) is 7.66.